The van der Waals surface area contributed by atoms with Crippen LogP contribution in [0.2, 0.25) is 0 Å². The van der Waals surface area contributed by atoms with Crippen molar-refractivity contribution in [2.24, 2.45) is 11.8 Å². The molecule has 1 fully saturated rings. The SMILES string of the molecule is CCC1CN(C(=O)C(C)C)CCC1=O. The van der Waals surface area contributed by atoms with Crippen LogP contribution in [0.4, 0.5) is 0 Å². The summed E-state index contributed by atoms with van der Waals surface area (Å²) in [4.78, 5) is 24.9. The van der Waals surface area contributed by atoms with Crippen LogP contribution in [0.5, 0.6) is 0 Å². The molecular weight excluding hydrogens is 178 g/mol. The average molecular weight is 197 g/mol. The first-order valence-electron chi connectivity index (χ1n) is 5.37. The minimum atomic E-state index is 0.0423. The van der Waals surface area contributed by atoms with Crippen LogP contribution in [0.3, 0.4) is 0 Å². The number of carbonyl (C=O) groups excluding carboxylic acids is 2. The highest BCUT2D eigenvalue weighted by molar-refractivity contribution is 5.85. The van der Waals surface area contributed by atoms with Crippen molar-refractivity contribution in [3.05, 3.63) is 0 Å². The van der Waals surface area contributed by atoms with Crippen molar-refractivity contribution in [3.8, 4) is 0 Å². The van der Waals surface area contributed by atoms with Crippen LogP contribution in [-0.4, -0.2) is 29.7 Å². The Morgan fingerprint density at radius 3 is 2.71 bits per heavy atom. The van der Waals surface area contributed by atoms with E-state index in [1.54, 1.807) is 0 Å². The second kappa shape index (κ2) is 4.58. The minimum absolute atomic E-state index is 0.0423. The number of ketones is 1. The molecule has 0 radical (unpaired) electrons. The van der Waals surface area contributed by atoms with Gasteiger partial charge in [0.05, 0.1) is 0 Å². The molecule has 1 aliphatic rings. The molecule has 1 saturated heterocycles. The molecular formula is C11H19NO2. The van der Waals surface area contributed by atoms with Crippen LogP contribution >= 0.6 is 0 Å². The largest absolute Gasteiger partial charge is 0.341 e. The highest BCUT2D eigenvalue weighted by atomic mass is 16.2. The van der Waals surface area contributed by atoms with Crippen LogP contribution in [0.25, 0.3) is 0 Å². The standard InChI is InChI=1S/C11H19NO2/c1-4-9-7-12(6-5-10(9)13)11(14)8(2)3/h8-9H,4-7H2,1-3H3. The van der Waals surface area contributed by atoms with E-state index >= 15 is 0 Å². The van der Waals surface area contributed by atoms with Gasteiger partial charge in [0.25, 0.3) is 0 Å². The quantitative estimate of drug-likeness (QED) is 0.672. The molecule has 14 heavy (non-hydrogen) atoms. The lowest BCUT2D eigenvalue weighted by Crippen LogP contribution is -2.45. The first-order chi connectivity index (χ1) is 6.56. The summed E-state index contributed by atoms with van der Waals surface area (Å²) in [5.41, 5.74) is 0. The number of rotatable bonds is 2. The molecule has 0 spiro atoms. The number of Topliss-reactive ketones (excluding diaryl/α,β-unsaturated/α-hetero) is 1. The number of piperidine rings is 1. The maximum absolute atomic E-state index is 11.7. The van der Waals surface area contributed by atoms with E-state index in [-0.39, 0.29) is 17.7 Å². The van der Waals surface area contributed by atoms with E-state index in [1.165, 1.54) is 0 Å². The molecule has 1 heterocycles. The van der Waals surface area contributed by atoms with Gasteiger partial charge in [-0.2, -0.15) is 0 Å². The molecule has 0 aromatic rings. The van der Waals surface area contributed by atoms with Crippen LogP contribution in [0, 0.1) is 11.8 Å². The maximum Gasteiger partial charge on any atom is 0.225 e. The van der Waals surface area contributed by atoms with Crippen molar-refractivity contribution in [2.75, 3.05) is 13.1 Å². The van der Waals surface area contributed by atoms with Gasteiger partial charge in [-0.15, -0.1) is 0 Å². The Balaban J connectivity index is 2.58. The third-order valence-electron chi connectivity index (χ3n) is 2.82. The zero-order valence-corrected chi connectivity index (χ0v) is 9.25. The van der Waals surface area contributed by atoms with E-state index in [2.05, 4.69) is 0 Å². The second-order valence-electron chi connectivity index (χ2n) is 4.26. The van der Waals surface area contributed by atoms with Gasteiger partial charge in [0.1, 0.15) is 5.78 Å². The third kappa shape index (κ3) is 2.34. The molecule has 0 saturated carbocycles. The summed E-state index contributed by atoms with van der Waals surface area (Å²) in [6.45, 7) is 7.06. The summed E-state index contributed by atoms with van der Waals surface area (Å²) in [5.74, 6) is 0.614. The summed E-state index contributed by atoms with van der Waals surface area (Å²) in [6.07, 6.45) is 1.39. The van der Waals surface area contributed by atoms with Gasteiger partial charge in [-0.25, -0.2) is 0 Å². The second-order valence-corrected chi connectivity index (χ2v) is 4.26. The maximum atomic E-state index is 11.7. The van der Waals surface area contributed by atoms with Crippen molar-refractivity contribution in [1.29, 1.82) is 0 Å². The number of nitrogens with zero attached hydrogens (tertiary/aromatic N) is 1. The van der Waals surface area contributed by atoms with E-state index in [0.717, 1.165) is 6.42 Å². The lowest BCUT2D eigenvalue weighted by molar-refractivity contribution is -0.139. The molecule has 1 unspecified atom stereocenters. The fourth-order valence-electron chi connectivity index (χ4n) is 1.83. The fourth-order valence-corrected chi connectivity index (χ4v) is 1.83. The molecule has 3 nitrogen and oxygen atoms in total. The molecule has 0 bridgehead atoms. The highest BCUT2D eigenvalue weighted by Gasteiger charge is 2.29. The van der Waals surface area contributed by atoms with Crippen molar-refractivity contribution in [1.82, 2.24) is 4.90 Å². The van der Waals surface area contributed by atoms with E-state index in [4.69, 9.17) is 0 Å². The van der Waals surface area contributed by atoms with Crippen molar-refractivity contribution < 1.29 is 9.59 Å². The van der Waals surface area contributed by atoms with E-state index < -0.39 is 0 Å². The molecule has 1 rings (SSSR count). The summed E-state index contributed by atoms with van der Waals surface area (Å²) in [6, 6.07) is 0. The van der Waals surface area contributed by atoms with Gasteiger partial charge >= 0.3 is 0 Å². The van der Waals surface area contributed by atoms with Gasteiger partial charge in [-0.05, 0) is 6.42 Å². The normalized spacial score (nSPS) is 23.0. The van der Waals surface area contributed by atoms with Gasteiger partial charge in [-0.3, -0.25) is 9.59 Å². The number of hydrogen-bond acceptors (Lipinski definition) is 2. The molecule has 1 atom stereocenters. The van der Waals surface area contributed by atoms with E-state index in [9.17, 15) is 9.59 Å². The first-order valence-corrected chi connectivity index (χ1v) is 5.37. The lowest BCUT2D eigenvalue weighted by atomic mass is 9.93. The van der Waals surface area contributed by atoms with Gasteiger partial charge in [0, 0.05) is 31.3 Å². The number of amides is 1. The van der Waals surface area contributed by atoms with Crippen molar-refractivity contribution in [3.63, 3.8) is 0 Å². The topological polar surface area (TPSA) is 37.4 Å². The van der Waals surface area contributed by atoms with Gasteiger partial charge in [-0.1, -0.05) is 20.8 Å². The highest BCUT2D eigenvalue weighted by Crippen LogP contribution is 2.17. The van der Waals surface area contributed by atoms with Crippen LogP contribution < -0.4 is 0 Å². The first kappa shape index (κ1) is 11.2. The zero-order valence-electron chi connectivity index (χ0n) is 9.25. The molecule has 0 aromatic heterocycles. The van der Waals surface area contributed by atoms with Crippen LogP contribution in [0.15, 0.2) is 0 Å². The molecule has 0 aromatic carbocycles. The number of likely N-dealkylation sites (tertiary alicyclic amines) is 1. The molecule has 3 heteroatoms. The number of carbonyl (C=O) groups is 2. The van der Waals surface area contributed by atoms with Gasteiger partial charge in [0.15, 0.2) is 0 Å². The van der Waals surface area contributed by atoms with Crippen molar-refractivity contribution >= 4 is 11.7 Å². The summed E-state index contributed by atoms with van der Waals surface area (Å²) in [7, 11) is 0. The molecule has 1 amide bonds. The summed E-state index contributed by atoms with van der Waals surface area (Å²) >= 11 is 0. The predicted molar refractivity (Wildman–Crippen MR) is 54.8 cm³/mol. The summed E-state index contributed by atoms with van der Waals surface area (Å²) in [5, 5.41) is 0. The molecule has 0 aliphatic carbocycles. The summed E-state index contributed by atoms with van der Waals surface area (Å²) < 4.78 is 0. The zero-order chi connectivity index (χ0) is 10.7. The molecule has 1 aliphatic heterocycles. The Labute approximate surface area is 85.5 Å². The van der Waals surface area contributed by atoms with Gasteiger partial charge in [0.2, 0.25) is 5.91 Å². The molecule has 0 N–H and O–H groups in total. The van der Waals surface area contributed by atoms with E-state index in [0.29, 0.717) is 25.3 Å². The monoisotopic (exact) mass is 197 g/mol. The van der Waals surface area contributed by atoms with Crippen LogP contribution in [0.1, 0.15) is 33.6 Å². The van der Waals surface area contributed by atoms with E-state index in [1.807, 2.05) is 25.7 Å². The molecule has 80 valence electrons. The average Bonchev–Trinajstić information content (AvgIpc) is 2.17. The number of hydrogen-bond donors (Lipinski definition) is 0. The smallest absolute Gasteiger partial charge is 0.225 e. The van der Waals surface area contributed by atoms with Crippen LogP contribution in [-0.2, 0) is 9.59 Å². The fraction of sp³-hybridized carbons (Fsp3) is 0.818. The Hall–Kier alpha value is -0.860. The Morgan fingerprint density at radius 2 is 2.21 bits per heavy atom. The van der Waals surface area contributed by atoms with Gasteiger partial charge < -0.3 is 4.90 Å². The minimum Gasteiger partial charge on any atom is -0.341 e. The Morgan fingerprint density at radius 1 is 1.57 bits per heavy atom. The Bertz CT molecular complexity index is 235. The Kier molecular flexibility index (Phi) is 3.67. The third-order valence-corrected chi connectivity index (χ3v) is 2.82. The predicted octanol–water partition coefficient (Wildman–Crippen LogP) is 1.47. The lowest BCUT2D eigenvalue weighted by Gasteiger charge is -2.32. The van der Waals surface area contributed by atoms with Crippen molar-refractivity contribution in [2.45, 2.75) is 33.6 Å².